The first-order valence-corrected chi connectivity index (χ1v) is 6.57. The minimum Gasteiger partial charge on any atom is -0.316 e. The molecule has 1 aliphatic heterocycles. The molecule has 1 aliphatic carbocycles. The van der Waals surface area contributed by atoms with Gasteiger partial charge in [0, 0.05) is 0 Å². The van der Waals surface area contributed by atoms with Crippen LogP contribution >= 0.6 is 0 Å². The average Bonchev–Trinajstić information content (AvgIpc) is 2.80. The summed E-state index contributed by atoms with van der Waals surface area (Å²) in [4.78, 5) is 0. The van der Waals surface area contributed by atoms with E-state index in [2.05, 4.69) is 42.6 Å². The summed E-state index contributed by atoms with van der Waals surface area (Å²) in [5, 5.41) is 3.59. The molecule has 1 N–H and O–H groups in total. The lowest BCUT2D eigenvalue weighted by atomic mass is 9.61. The van der Waals surface area contributed by atoms with E-state index in [1.165, 1.54) is 32.4 Å². The molecule has 1 aromatic rings. The summed E-state index contributed by atoms with van der Waals surface area (Å²) in [5.74, 6) is 1.77. The van der Waals surface area contributed by atoms with E-state index < -0.39 is 0 Å². The molecule has 0 amide bonds. The zero-order valence-corrected chi connectivity index (χ0v) is 10.1. The summed E-state index contributed by atoms with van der Waals surface area (Å²) < 4.78 is 0. The second-order valence-electron chi connectivity index (χ2n) is 5.70. The van der Waals surface area contributed by atoms with Crippen molar-refractivity contribution in [1.82, 2.24) is 5.32 Å². The molecule has 0 aromatic heterocycles. The van der Waals surface area contributed by atoms with Gasteiger partial charge in [0.2, 0.25) is 0 Å². The molecule has 16 heavy (non-hydrogen) atoms. The van der Waals surface area contributed by atoms with Crippen LogP contribution in [0.3, 0.4) is 0 Å². The van der Waals surface area contributed by atoms with E-state index in [-0.39, 0.29) is 0 Å². The van der Waals surface area contributed by atoms with E-state index in [1.807, 2.05) is 0 Å². The number of hydrogen-bond donors (Lipinski definition) is 1. The fourth-order valence-corrected chi connectivity index (χ4v) is 3.88. The Kier molecular flexibility index (Phi) is 2.51. The molecule has 0 unspecified atom stereocenters. The summed E-state index contributed by atoms with van der Waals surface area (Å²) >= 11 is 0. The maximum Gasteiger partial charge on any atom is -0.000884 e. The van der Waals surface area contributed by atoms with E-state index in [9.17, 15) is 0 Å². The van der Waals surface area contributed by atoms with Crippen molar-refractivity contribution in [3.05, 3.63) is 35.9 Å². The van der Waals surface area contributed by atoms with Gasteiger partial charge in [-0.1, -0.05) is 43.7 Å². The van der Waals surface area contributed by atoms with Gasteiger partial charge < -0.3 is 5.32 Å². The molecule has 0 spiro atoms. The topological polar surface area (TPSA) is 12.0 Å². The van der Waals surface area contributed by atoms with E-state index in [0.29, 0.717) is 5.41 Å². The number of nitrogens with one attached hydrogen (secondary N) is 1. The Morgan fingerprint density at radius 3 is 2.81 bits per heavy atom. The highest BCUT2D eigenvalue weighted by Crippen LogP contribution is 2.47. The second-order valence-corrected chi connectivity index (χ2v) is 5.70. The van der Waals surface area contributed by atoms with Gasteiger partial charge in [0.1, 0.15) is 0 Å². The van der Waals surface area contributed by atoms with Crippen molar-refractivity contribution in [3.63, 3.8) is 0 Å². The Labute approximate surface area is 98.3 Å². The lowest BCUT2D eigenvalue weighted by Crippen LogP contribution is -2.40. The summed E-state index contributed by atoms with van der Waals surface area (Å²) in [6.07, 6.45) is 4.19. The fourth-order valence-electron chi connectivity index (χ4n) is 3.88. The molecule has 0 radical (unpaired) electrons. The number of rotatable bonds is 1. The third kappa shape index (κ3) is 1.49. The molecule has 1 saturated carbocycles. The largest absolute Gasteiger partial charge is 0.316 e. The molecule has 3 atom stereocenters. The van der Waals surface area contributed by atoms with Crippen LogP contribution in [0.1, 0.15) is 31.7 Å². The van der Waals surface area contributed by atoms with Crippen LogP contribution in [0.4, 0.5) is 0 Å². The SMILES string of the molecule is C[C@@]1(c2ccccc2)CCC[C@H]2CNC[C@@H]21. The minimum absolute atomic E-state index is 0.410. The smallest absolute Gasteiger partial charge is 0.000884 e. The number of hydrogen-bond acceptors (Lipinski definition) is 1. The average molecular weight is 215 g/mol. The minimum atomic E-state index is 0.410. The Morgan fingerprint density at radius 2 is 2.00 bits per heavy atom. The lowest BCUT2D eigenvalue weighted by Gasteiger charge is -2.43. The van der Waals surface area contributed by atoms with Crippen molar-refractivity contribution in [2.24, 2.45) is 11.8 Å². The first kappa shape index (κ1) is 10.3. The molecule has 0 bridgehead atoms. The van der Waals surface area contributed by atoms with E-state index in [1.54, 1.807) is 5.56 Å². The van der Waals surface area contributed by atoms with Crippen molar-refractivity contribution in [3.8, 4) is 0 Å². The second kappa shape index (κ2) is 3.89. The maximum absolute atomic E-state index is 3.59. The van der Waals surface area contributed by atoms with Gasteiger partial charge in [-0.3, -0.25) is 0 Å². The zero-order valence-electron chi connectivity index (χ0n) is 10.1. The Balaban J connectivity index is 1.96. The van der Waals surface area contributed by atoms with Crippen LogP contribution in [0.25, 0.3) is 0 Å². The summed E-state index contributed by atoms with van der Waals surface area (Å²) in [7, 11) is 0. The number of fused-ring (bicyclic) bond motifs is 1. The third-order valence-corrected chi connectivity index (χ3v) is 4.86. The molecular weight excluding hydrogens is 194 g/mol. The molecule has 1 nitrogen and oxygen atoms in total. The van der Waals surface area contributed by atoms with Gasteiger partial charge in [-0.05, 0) is 48.7 Å². The highest BCUT2D eigenvalue weighted by Gasteiger charge is 2.45. The normalized spacial score (nSPS) is 38.3. The van der Waals surface area contributed by atoms with Gasteiger partial charge in [-0.15, -0.1) is 0 Å². The first-order valence-electron chi connectivity index (χ1n) is 6.57. The van der Waals surface area contributed by atoms with Crippen LogP contribution in [-0.4, -0.2) is 13.1 Å². The molecule has 1 aromatic carbocycles. The summed E-state index contributed by atoms with van der Waals surface area (Å²) in [6.45, 7) is 4.94. The standard InChI is InChI=1S/C15H21N/c1-15(13-7-3-2-4-8-13)9-5-6-12-10-16-11-14(12)15/h2-4,7-8,12,14,16H,5-6,9-11H2,1H3/t12-,14-,15-/m0/s1. The van der Waals surface area contributed by atoms with Crippen molar-refractivity contribution >= 4 is 0 Å². The Bertz CT molecular complexity index is 359. The van der Waals surface area contributed by atoms with Gasteiger partial charge in [0.25, 0.3) is 0 Å². The molecule has 1 saturated heterocycles. The highest BCUT2D eigenvalue weighted by molar-refractivity contribution is 5.27. The molecule has 2 fully saturated rings. The van der Waals surface area contributed by atoms with Crippen LogP contribution in [-0.2, 0) is 5.41 Å². The van der Waals surface area contributed by atoms with Crippen LogP contribution < -0.4 is 5.32 Å². The number of benzene rings is 1. The van der Waals surface area contributed by atoms with Crippen molar-refractivity contribution in [2.75, 3.05) is 13.1 Å². The summed E-state index contributed by atoms with van der Waals surface area (Å²) in [5.41, 5.74) is 1.96. The van der Waals surface area contributed by atoms with Crippen LogP contribution in [0.15, 0.2) is 30.3 Å². The molecule has 1 heteroatoms. The van der Waals surface area contributed by atoms with Crippen molar-refractivity contribution in [2.45, 2.75) is 31.6 Å². The van der Waals surface area contributed by atoms with E-state index in [4.69, 9.17) is 0 Å². The van der Waals surface area contributed by atoms with E-state index in [0.717, 1.165) is 11.8 Å². The van der Waals surface area contributed by atoms with Gasteiger partial charge in [-0.25, -0.2) is 0 Å². The van der Waals surface area contributed by atoms with Gasteiger partial charge >= 0.3 is 0 Å². The third-order valence-electron chi connectivity index (χ3n) is 4.86. The van der Waals surface area contributed by atoms with Gasteiger partial charge in [-0.2, -0.15) is 0 Å². The first-order chi connectivity index (χ1) is 7.81. The lowest BCUT2D eigenvalue weighted by molar-refractivity contribution is 0.170. The molecule has 1 heterocycles. The van der Waals surface area contributed by atoms with Crippen molar-refractivity contribution < 1.29 is 0 Å². The Morgan fingerprint density at radius 1 is 1.19 bits per heavy atom. The van der Waals surface area contributed by atoms with Crippen LogP contribution in [0.5, 0.6) is 0 Å². The predicted molar refractivity (Wildman–Crippen MR) is 67.5 cm³/mol. The van der Waals surface area contributed by atoms with Gasteiger partial charge in [0.15, 0.2) is 0 Å². The van der Waals surface area contributed by atoms with Crippen molar-refractivity contribution in [1.29, 1.82) is 0 Å². The molecule has 2 aliphatic rings. The quantitative estimate of drug-likeness (QED) is 0.759. The highest BCUT2D eigenvalue weighted by atomic mass is 14.9. The predicted octanol–water partition coefficient (Wildman–Crippen LogP) is 2.96. The van der Waals surface area contributed by atoms with Crippen LogP contribution in [0, 0.1) is 11.8 Å². The summed E-state index contributed by atoms with van der Waals surface area (Å²) in [6, 6.07) is 11.1. The van der Waals surface area contributed by atoms with Gasteiger partial charge in [0.05, 0.1) is 0 Å². The van der Waals surface area contributed by atoms with E-state index >= 15 is 0 Å². The maximum atomic E-state index is 3.59. The molecular formula is C15H21N. The molecule has 86 valence electrons. The van der Waals surface area contributed by atoms with Crippen LogP contribution in [0.2, 0.25) is 0 Å². The zero-order chi connectivity index (χ0) is 11.0. The molecule has 3 rings (SSSR count). The Hall–Kier alpha value is -0.820. The monoisotopic (exact) mass is 215 g/mol. The fraction of sp³-hybridized carbons (Fsp3) is 0.600.